The highest BCUT2D eigenvalue weighted by Crippen LogP contribution is 2.21. The fraction of sp³-hybridized carbons (Fsp3) is 0.538. The zero-order valence-electron chi connectivity index (χ0n) is 10.9. The van der Waals surface area contributed by atoms with Crippen LogP contribution in [0.4, 0.5) is 11.5 Å². The van der Waals surface area contributed by atoms with Crippen LogP contribution in [0.25, 0.3) is 0 Å². The van der Waals surface area contributed by atoms with Gasteiger partial charge in [0.1, 0.15) is 11.9 Å². The average Bonchev–Trinajstić information content (AvgIpc) is 2.39. The third-order valence-corrected chi connectivity index (χ3v) is 3.54. The lowest BCUT2D eigenvalue weighted by atomic mass is 10.0. The summed E-state index contributed by atoms with van der Waals surface area (Å²) in [6.45, 7) is 1.95. The Balaban J connectivity index is 2.08. The van der Waals surface area contributed by atoms with E-state index in [0.717, 1.165) is 31.7 Å². The monoisotopic (exact) mass is 245 g/mol. The molecule has 1 aliphatic rings. The maximum absolute atomic E-state index is 8.94. The van der Waals surface area contributed by atoms with Crippen molar-refractivity contribution in [3.63, 3.8) is 0 Å². The lowest BCUT2D eigenvalue weighted by molar-refractivity contribution is 0.249. The van der Waals surface area contributed by atoms with Gasteiger partial charge in [0.15, 0.2) is 5.69 Å². The highest BCUT2D eigenvalue weighted by atomic mass is 15.2. The summed E-state index contributed by atoms with van der Waals surface area (Å²) in [5, 5.41) is 8.94. The standard InChI is InChI=1S/C13H19N5/c1-17(2)10-5-7-18(8-6-10)13-4-3-11(15)12(9-14)16-13/h3-4,10H,5-8,15H2,1-2H3. The highest BCUT2D eigenvalue weighted by molar-refractivity contribution is 5.55. The molecular weight excluding hydrogens is 226 g/mol. The smallest absolute Gasteiger partial charge is 0.165 e. The molecule has 1 saturated heterocycles. The molecule has 0 atom stereocenters. The van der Waals surface area contributed by atoms with Crippen LogP contribution in [0, 0.1) is 11.3 Å². The van der Waals surface area contributed by atoms with Crippen LogP contribution in [0.2, 0.25) is 0 Å². The second-order valence-corrected chi connectivity index (χ2v) is 4.90. The molecule has 0 bridgehead atoms. The van der Waals surface area contributed by atoms with Crippen molar-refractivity contribution in [1.82, 2.24) is 9.88 Å². The predicted octanol–water partition coefficient (Wildman–Crippen LogP) is 1.07. The zero-order valence-corrected chi connectivity index (χ0v) is 10.9. The first kappa shape index (κ1) is 12.7. The molecule has 2 heterocycles. The molecule has 1 aromatic heterocycles. The van der Waals surface area contributed by atoms with Crippen molar-refractivity contribution in [2.75, 3.05) is 37.8 Å². The number of rotatable bonds is 2. The molecule has 2 rings (SSSR count). The van der Waals surface area contributed by atoms with E-state index in [1.54, 1.807) is 6.07 Å². The van der Waals surface area contributed by atoms with Gasteiger partial charge in [-0.1, -0.05) is 0 Å². The van der Waals surface area contributed by atoms with Gasteiger partial charge >= 0.3 is 0 Å². The Morgan fingerprint density at radius 2 is 2.06 bits per heavy atom. The quantitative estimate of drug-likeness (QED) is 0.844. The Hall–Kier alpha value is -1.80. The summed E-state index contributed by atoms with van der Waals surface area (Å²) >= 11 is 0. The number of aromatic nitrogens is 1. The van der Waals surface area contributed by atoms with Crippen LogP contribution < -0.4 is 10.6 Å². The van der Waals surface area contributed by atoms with Crippen LogP contribution in [-0.2, 0) is 0 Å². The number of nitriles is 1. The molecule has 1 aliphatic heterocycles. The van der Waals surface area contributed by atoms with Gasteiger partial charge in [0.05, 0.1) is 5.69 Å². The number of anilines is 2. The van der Waals surface area contributed by atoms with Crippen molar-refractivity contribution in [3.8, 4) is 6.07 Å². The van der Waals surface area contributed by atoms with Crippen molar-refractivity contribution < 1.29 is 0 Å². The van der Waals surface area contributed by atoms with E-state index >= 15 is 0 Å². The number of hydrogen-bond acceptors (Lipinski definition) is 5. The van der Waals surface area contributed by atoms with Crippen molar-refractivity contribution in [1.29, 1.82) is 5.26 Å². The van der Waals surface area contributed by atoms with Gasteiger partial charge in [-0.2, -0.15) is 5.26 Å². The van der Waals surface area contributed by atoms with Gasteiger partial charge in [-0.05, 0) is 39.1 Å². The number of nitrogens with two attached hydrogens (primary N) is 1. The molecule has 0 unspecified atom stereocenters. The third kappa shape index (κ3) is 2.54. The van der Waals surface area contributed by atoms with Crippen LogP contribution in [-0.4, -0.2) is 43.1 Å². The number of piperidine rings is 1. The van der Waals surface area contributed by atoms with Crippen LogP contribution in [0.15, 0.2) is 12.1 Å². The first-order chi connectivity index (χ1) is 8.61. The summed E-state index contributed by atoms with van der Waals surface area (Å²) in [4.78, 5) is 8.81. The number of pyridine rings is 1. The molecule has 0 amide bonds. The van der Waals surface area contributed by atoms with E-state index in [9.17, 15) is 0 Å². The van der Waals surface area contributed by atoms with Gasteiger partial charge in [-0.15, -0.1) is 0 Å². The molecule has 0 saturated carbocycles. The van der Waals surface area contributed by atoms with E-state index in [1.807, 2.05) is 12.1 Å². The van der Waals surface area contributed by atoms with Gasteiger partial charge in [0.25, 0.3) is 0 Å². The summed E-state index contributed by atoms with van der Waals surface area (Å²) < 4.78 is 0. The minimum absolute atomic E-state index is 0.322. The Bertz CT molecular complexity index is 455. The minimum Gasteiger partial charge on any atom is -0.396 e. The SMILES string of the molecule is CN(C)C1CCN(c2ccc(N)c(C#N)n2)CC1. The molecule has 96 valence electrons. The fourth-order valence-corrected chi connectivity index (χ4v) is 2.34. The second kappa shape index (κ2) is 5.23. The first-order valence-corrected chi connectivity index (χ1v) is 6.20. The molecule has 0 radical (unpaired) electrons. The molecule has 0 aromatic carbocycles. The van der Waals surface area contributed by atoms with Gasteiger partial charge in [0.2, 0.25) is 0 Å². The average molecular weight is 245 g/mol. The third-order valence-electron chi connectivity index (χ3n) is 3.54. The lowest BCUT2D eigenvalue weighted by Crippen LogP contribution is -2.42. The van der Waals surface area contributed by atoms with Crippen LogP contribution in [0.1, 0.15) is 18.5 Å². The van der Waals surface area contributed by atoms with E-state index in [2.05, 4.69) is 28.9 Å². The van der Waals surface area contributed by atoms with Crippen LogP contribution >= 0.6 is 0 Å². The number of nitrogen functional groups attached to an aromatic ring is 1. The van der Waals surface area contributed by atoms with E-state index in [1.165, 1.54) is 0 Å². The van der Waals surface area contributed by atoms with Gasteiger partial charge in [-0.3, -0.25) is 0 Å². The van der Waals surface area contributed by atoms with Crippen molar-refractivity contribution >= 4 is 11.5 Å². The summed E-state index contributed by atoms with van der Waals surface area (Å²) in [5.41, 5.74) is 6.45. The molecule has 2 N–H and O–H groups in total. The molecule has 18 heavy (non-hydrogen) atoms. The Morgan fingerprint density at radius 1 is 1.39 bits per heavy atom. The maximum Gasteiger partial charge on any atom is 0.165 e. The van der Waals surface area contributed by atoms with Crippen molar-refractivity contribution in [3.05, 3.63) is 17.8 Å². The normalized spacial score (nSPS) is 16.9. The summed E-state index contributed by atoms with van der Waals surface area (Å²) in [6, 6.07) is 6.33. The maximum atomic E-state index is 8.94. The topological polar surface area (TPSA) is 69.2 Å². The van der Waals surface area contributed by atoms with Gasteiger partial charge in [0, 0.05) is 19.1 Å². The predicted molar refractivity (Wildman–Crippen MR) is 72.3 cm³/mol. The molecular formula is C13H19N5. The molecule has 1 fully saturated rings. The number of nitrogens with zero attached hydrogens (tertiary/aromatic N) is 4. The summed E-state index contributed by atoms with van der Waals surface area (Å²) in [6.07, 6.45) is 2.25. The molecule has 5 heteroatoms. The highest BCUT2D eigenvalue weighted by Gasteiger charge is 2.21. The van der Waals surface area contributed by atoms with Crippen molar-refractivity contribution in [2.24, 2.45) is 0 Å². The van der Waals surface area contributed by atoms with E-state index in [0.29, 0.717) is 17.4 Å². The van der Waals surface area contributed by atoms with Crippen molar-refractivity contribution in [2.45, 2.75) is 18.9 Å². The molecule has 0 aliphatic carbocycles. The molecule has 5 nitrogen and oxygen atoms in total. The van der Waals surface area contributed by atoms with E-state index < -0.39 is 0 Å². The van der Waals surface area contributed by atoms with E-state index in [-0.39, 0.29) is 0 Å². The lowest BCUT2D eigenvalue weighted by Gasteiger charge is -2.35. The second-order valence-electron chi connectivity index (χ2n) is 4.90. The number of hydrogen-bond donors (Lipinski definition) is 1. The van der Waals surface area contributed by atoms with Gasteiger partial charge < -0.3 is 15.5 Å². The Labute approximate surface area is 108 Å². The Morgan fingerprint density at radius 3 is 2.61 bits per heavy atom. The fourth-order valence-electron chi connectivity index (χ4n) is 2.34. The van der Waals surface area contributed by atoms with Crippen LogP contribution in [0.3, 0.4) is 0 Å². The molecule has 0 spiro atoms. The van der Waals surface area contributed by atoms with Gasteiger partial charge in [-0.25, -0.2) is 4.98 Å². The summed E-state index contributed by atoms with van der Waals surface area (Å²) in [5.74, 6) is 0.859. The van der Waals surface area contributed by atoms with Crippen LogP contribution in [0.5, 0.6) is 0 Å². The molecule has 1 aromatic rings. The Kier molecular flexibility index (Phi) is 3.68. The zero-order chi connectivity index (χ0) is 13.1. The van der Waals surface area contributed by atoms with E-state index in [4.69, 9.17) is 11.0 Å². The summed E-state index contributed by atoms with van der Waals surface area (Å²) in [7, 11) is 4.24. The minimum atomic E-state index is 0.322. The largest absolute Gasteiger partial charge is 0.396 e. The first-order valence-electron chi connectivity index (χ1n) is 6.20.